The molecule has 13 heavy (non-hydrogen) atoms. The molecule has 0 saturated heterocycles. The van der Waals surface area contributed by atoms with Gasteiger partial charge >= 0.3 is 0 Å². The Morgan fingerprint density at radius 2 is 1.46 bits per heavy atom. The topological polar surface area (TPSA) is 20.2 Å². The van der Waals surface area contributed by atoms with Crippen molar-refractivity contribution < 1.29 is 9.50 Å². The number of hydrogen-bond donors (Lipinski definition) is 1. The van der Waals surface area contributed by atoms with Crippen molar-refractivity contribution in [2.75, 3.05) is 0 Å². The highest BCUT2D eigenvalue weighted by Gasteiger charge is 2.23. The molecule has 0 unspecified atom stereocenters. The first kappa shape index (κ1) is 12.4. The van der Waals surface area contributed by atoms with Gasteiger partial charge in [0.2, 0.25) is 5.85 Å². The molecular weight excluding hydrogens is 167 g/mol. The lowest BCUT2D eigenvalue weighted by Gasteiger charge is -2.17. The molecule has 0 aliphatic carbocycles. The van der Waals surface area contributed by atoms with Crippen LogP contribution in [0.1, 0.15) is 38.5 Å². The van der Waals surface area contributed by atoms with Crippen molar-refractivity contribution in [1.82, 2.24) is 0 Å². The molecule has 0 spiro atoms. The predicted octanol–water partition coefficient (Wildman–Crippen LogP) is 3.36. The van der Waals surface area contributed by atoms with Gasteiger partial charge in [0.25, 0.3) is 0 Å². The molecule has 0 saturated carbocycles. The van der Waals surface area contributed by atoms with Crippen molar-refractivity contribution in [2.24, 2.45) is 0 Å². The number of allylic oxidation sites excluding steroid dienone is 2. The summed E-state index contributed by atoms with van der Waals surface area (Å²) in [5, 5.41) is 9.23. The molecule has 0 atom stereocenters. The number of hydrogen-bond acceptors (Lipinski definition) is 1. The van der Waals surface area contributed by atoms with Crippen LogP contribution in [0.15, 0.2) is 25.3 Å². The van der Waals surface area contributed by atoms with E-state index in [0.717, 1.165) is 12.8 Å². The van der Waals surface area contributed by atoms with Crippen LogP contribution in [0, 0.1) is 0 Å². The van der Waals surface area contributed by atoms with Crippen molar-refractivity contribution >= 4 is 0 Å². The zero-order valence-corrected chi connectivity index (χ0v) is 8.14. The molecule has 0 aromatic carbocycles. The van der Waals surface area contributed by atoms with Gasteiger partial charge in [0.15, 0.2) is 0 Å². The van der Waals surface area contributed by atoms with E-state index in [4.69, 9.17) is 0 Å². The number of alkyl halides is 1. The smallest absolute Gasteiger partial charge is 0.206 e. The Balaban J connectivity index is 3.52. The maximum atomic E-state index is 13.2. The molecule has 0 fully saturated rings. The third kappa shape index (κ3) is 7.72. The van der Waals surface area contributed by atoms with Gasteiger partial charge in [0.05, 0.1) is 0 Å². The molecule has 2 heteroatoms. The molecule has 0 rings (SSSR count). The fourth-order valence-corrected chi connectivity index (χ4v) is 1.16. The van der Waals surface area contributed by atoms with Gasteiger partial charge in [-0.2, -0.15) is 0 Å². The van der Waals surface area contributed by atoms with E-state index in [9.17, 15) is 9.50 Å². The van der Waals surface area contributed by atoms with Gasteiger partial charge in [-0.3, -0.25) is 0 Å². The number of unbranched alkanes of at least 4 members (excludes halogenated alkanes) is 2. The van der Waals surface area contributed by atoms with Crippen LogP contribution in [0.5, 0.6) is 0 Å². The summed E-state index contributed by atoms with van der Waals surface area (Å²) in [5.41, 5.74) is 0. The van der Waals surface area contributed by atoms with Crippen molar-refractivity contribution in [3.05, 3.63) is 25.3 Å². The number of rotatable bonds is 8. The van der Waals surface area contributed by atoms with E-state index in [1.165, 1.54) is 0 Å². The summed E-state index contributed by atoms with van der Waals surface area (Å²) in [6, 6.07) is 0. The average molecular weight is 186 g/mol. The summed E-state index contributed by atoms with van der Waals surface area (Å²) in [6.07, 6.45) is 6.71. The molecule has 1 N–H and O–H groups in total. The Kier molecular flexibility index (Phi) is 6.51. The molecule has 0 aromatic heterocycles. The minimum absolute atomic E-state index is 0.205. The second kappa shape index (κ2) is 6.84. The van der Waals surface area contributed by atoms with Gasteiger partial charge in [-0.05, 0) is 25.7 Å². The number of halogens is 1. The number of aliphatic hydroxyl groups is 1. The van der Waals surface area contributed by atoms with Crippen LogP contribution in [0.3, 0.4) is 0 Å². The summed E-state index contributed by atoms with van der Waals surface area (Å²) in [5.74, 6) is -1.99. The molecular formula is C11H19FO. The van der Waals surface area contributed by atoms with Crippen LogP contribution >= 0.6 is 0 Å². The monoisotopic (exact) mass is 186 g/mol. The molecule has 1 nitrogen and oxygen atoms in total. The van der Waals surface area contributed by atoms with Crippen LogP contribution in [0.2, 0.25) is 0 Å². The summed E-state index contributed by atoms with van der Waals surface area (Å²) < 4.78 is 13.2. The molecule has 0 radical (unpaired) electrons. The van der Waals surface area contributed by atoms with E-state index in [1.54, 1.807) is 12.2 Å². The molecule has 0 aliphatic rings. The highest BCUT2D eigenvalue weighted by atomic mass is 19.2. The van der Waals surface area contributed by atoms with E-state index in [2.05, 4.69) is 13.2 Å². The maximum Gasteiger partial charge on any atom is 0.206 e. The predicted molar refractivity (Wildman–Crippen MR) is 54.2 cm³/mol. The Morgan fingerprint density at radius 3 is 1.77 bits per heavy atom. The highest BCUT2D eigenvalue weighted by Crippen LogP contribution is 2.22. The van der Waals surface area contributed by atoms with E-state index < -0.39 is 5.85 Å². The van der Waals surface area contributed by atoms with Crippen molar-refractivity contribution in [2.45, 2.75) is 44.4 Å². The third-order valence-corrected chi connectivity index (χ3v) is 1.94. The van der Waals surface area contributed by atoms with Gasteiger partial charge < -0.3 is 5.11 Å². The van der Waals surface area contributed by atoms with Crippen molar-refractivity contribution in [1.29, 1.82) is 0 Å². The molecule has 0 amide bonds. The first-order valence-electron chi connectivity index (χ1n) is 4.75. The lowest BCUT2D eigenvalue weighted by molar-refractivity contribution is -0.102. The van der Waals surface area contributed by atoms with Gasteiger partial charge in [-0.15, -0.1) is 13.2 Å². The van der Waals surface area contributed by atoms with Crippen molar-refractivity contribution in [3.63, 3.8) is 0 Å². The highest BCUT2D eigenvalue weighted by molar-refractivity contribution is 4.73. The van der Waals surface area contributed by atoms with Gasteiger partial charge in [-0.25, -0.2) is 4.39 Å². The van der Waals surface area contributed by atoms with Crippen LogP contribution in [0.4, 0.5) is 4.39 Å². The zero-order valence-electron chi connectivity index (χ0n) is 8.14. The summed E-state index contributed by atoms with van der Waals surface area (Å²) in [6.45, 7) is 7.08. The summed E-state index contributed by atoms with van der Waals surface area (Å²) in [4.78, 5) is 0. The fourth-order valence-electron chi connectivity index (χ4n) is 1.16. The molecule has 0 heterocycles. The maximum absolute atomic E-state index is 13.2. The van der Waals surface area contributed by atoms with E-state index in [0.29, 0.717) is 12.8 Å². The molecule has 0 aromatic rings. The Labute approximate surface area is 80.0 Å². The van der Waals surface area contributed by atoms with Gasteiger partial charge in [-0.1, -0.05) is 12.2 Å². The second-order valence-corrected chi connectivity index (χ2v) is 3.28. The summed E-state index contributed by atoms with van der Waals surface area (Å²) in [7, 11) is 0. The van der Waals surface area contributed by atoms with Crippen LogP contribution in [-0.4, -0.2) is 11.0 Å². The first-order valence-corrected chi connectivity index (χ1v) is 4.75. The quantitative estimate of drug-likeness (QED) is 0.455. The van der Waals surface area contributed by atoms with Crippen molar-refractivity contribution in [3.8, 4) is 0 Å². The summed E-state index contributed by atoms with van der Waals surface area (Å²) >= 11 is 0. The SMILES string of the molecule is C=CCCCC(O)(F)CCCC=C. The molecule has 0 aliphatic heterocycles. The third-order valence-electron chi connectivity index (χ3n) is 1.94. The van der Waals surface area contributed by atoms with E-state index in [1.807, 2.05) is 0 Å². The minimum Gasteiger partial charge on any atom is -0.362 e. The molecule has 0 bridgehead atoms. The van der Waals surface area contributed by atoms with Crippen LogP contribution < -0.4 is 0 Å². The van der Waals surface area contributed by atoms with E-state index >= 15 is 0 Å². The lowest BCUT2D eigenvalue weighted by atomic mass is 10.0. The second-order valence-electron chi connectivity index (χ2n) is 3.28. The first-order chi connectivity index (χ1) is 6.12. The lowest BCUT2D eigenvalue weighted by Crippen LogP contribution is -2.21. The zero-order chi connectivity index (χ0) is 10.2. The molecule has 76 valence electrons. The largest absolute Gasteiger partial charge is 0.362 e. The standard InChI is InChI=1S/C11H19FO/c1-3-5-7-9-11(12,13)10-8-6-4-2/h3-4,13H,1-2,5-10H2. The Morgan fingerprint density at radius 1 is 1.08 bits per heavy atom. The van der Waals surface area contributed by atoms with E-state index in [-0.39, 0.29) is 12.8 Å². The minimum atomic E-state index is -1.99. The fraction of sp³-hybridized carbons (Fsp3) is 0.636. The van der Waals surface area contributed by atoms with Crippen LogP contribution in [-0.2, 0) is 0 Å². The Bertz CT molecular complexity index is 136. The van der Waals surface area contributed by atoms with Gasteiger partial charge in [0, 0.05) is 12.8 Å². The van der Waals surface area contributed by atoms with Crippen LogP contribution in [0.25, 0.3) is 0 Å². The normalized spacial score (nSPS) is 11.2. The average Bonchev–Trinajstić information content (AvgIpc) is 2.05. The Hall–Kier alpha value is -0.630. The van der Waals surface area contributed by atoms with Gasteiger partial charge in [0.1, 0.15) is 0 Å².